The average molecular weight is 314 g/mol. The lowest BCUT2D eigenvalue weighted by molar-refractivity contribution is 0.735. The number of aromatic nitrogens is 2. The van der Waals surface area contributed by atoms with E-state index in [1.165, 1.54) is 22.4 Å². The van der Waals surface area contributed by atoms with Crippen molar-refractivity contribution < 1.29 is 0 Å². The van der Waals surface area contributed by atoms with Crippen LogP contribution in [0.3, 0.4) is 0 Å². The maximum Gasteiger partial charge on any atom is 0.156 e. The summed E-state index contributed by atoms with van der Waals surface area (Å²) < 4.78 is 2.25. The van der Waals surface area contributed by atoms with Gasteiger partial charge in [0, 0.05) is 6.54 Å². The second-order valence-corrected chi connectivity index (χ2v) is 6.59. The second kappa shape index (κ2) is 5.19. The van der Waals surface area contributed by atoms with Crippen molar-refractivity contribution >= 4 is 22.3 Å². The van der Waals surface area contributed by atoms with Crippen molar-refractivity contribution in [2.75, 3.05) is 13.1 Å². The zero-order valence-corrected chi connectivity index (χ0v) is 13.5. The summed E-state index contributed by atoms with van der Waals surface area (Å²) in [6.07, 6.45) is 6.52. The van der Waals surface area contributed by atoms with E-state index >= 15 is 0 Å². The molecule has 0 amide bonds. The molecule has 0 bridgehead atoms. The molecule has 0 saturated heterocycles. The molecule has 2 aliphatic rings. The van der Waals surface area contributed by atoms with Crippen molar-refractivity contribution in [1.82, 2.24) is 14.7 Å². The van der Waals surface area contributed by atoms with E-state index in [1.807, 2.05) is 12.1 Å². The quantitative estimate of drug-likeness (QED) is 0.750. The molecule has 0 atom stereocenters. The minimum atomic E-state index is 0.775. The average Bonchev–Trinajstić information content (AvgIpc) is 3.25. The van der Waals surface area contributed by atoms with E-state index in [9.17, 15) is 5.26 Å². The topological polar surface area (TPSA) is 53.1 Å². The van der Waals surface area contributed by atoms with Crippen LogP contribution in [0.5, 0.6) is 0 Å². The number of benzene rings is 1. The Morgan fingerprint density at radius 3 is 2.83 bits per heavy atom. The number of para-hydroxylation sites is 2. The maximum atomic E-state index is 9.80. The molecule has 0 fully saturated rings. The van der Waals surface area contributed by atoms with Crippen LogP contribution < -0.4 is 5.32 Å². The van der Waals surface area contributed by atoms with Gasteiger partial charge in [0.05, 0.1) is 22.3 Å². The lowest BCUT2D eigenvalue weighted by Gasteiger charge is -2.20. The van der Waals surface area contributed by atoms with Crippen molar-refractivity contribution in [3.8, 4) is 6.07 Å². The van der Waals surface area contributed by atoms with Gasteiger partial charge < -0.3 is 5.32 Å². The van der Waals surface area contributed by atoms with E-state index in [-0.39, 0.29) is 0 Å². The van der Waals surface area contributed by atoms with Gasteiger partial charge in [0.1, 0.15) is 6.07 Å². The first-order valence-electron chi connectivity index (χ1n) is 8.63. The van der Waals surface area contributed by atoms with Crippen LogP contribution >= 0.6 is 0 Å². The van der Waals surface area contributed by atoms with Gasteiger partial charge in [-0.05, 0) is 61.1 Å². The molecule has 1 aromatic carbocycles. The number of imidazole rings is 1. The summed E-state index contributed by atoms with van der Waals surface area (Å²) in [5.41, 5.74) is 8.97. The highest BCUT2D eigenvalue weighted by molar-refractivity contribution is 5.87. The lowest BCUT2D eigenvalue weighted by Crippen LogP contribution is -2.21. The third-order valence-corrected chi connectivity index (χ3v) is 5.29. The van der Waals surface area contributed by atoms with Crippen LogP contribution in [0.15, 0.2) is 30.3 Å². The van der Waals surface area contributed by atoms with Crippen LogP contribution in [0.25, 0.3) is 22.3 Å². The molecule has 1 N–H and O–H groups in total. The van der Waals surface area contributed by atoms with E-state index in [0.717, 1.165) is 61.0 Å². The summed E-state index contributed by atoms with van der Waals surface area (Å²) in [6.45, 7) is 1.92. The monoisotopic (exact) mass is 314 g/mol. The molecule has 3 aromatic rings. The summed E-state index contributed by atoms with van der Waals surface area (Å²) >= 11 is 0. The minimum Gasteiger partial charge on any atom is -0.313 e. The maximum absolute atomic E-state index is 9.80. The molecule has 5 rings (SSSR count). The number of hydrogen-bond acceptors (Lipinski definition) is 3. The Kier molecular flexibility index (Phi) is 2.97. The molecule has 4 heteroatoms. The summed E-state index contributed by atoms with van der Waals surface area (Å²) in [4.78, 5) is 4.82. The van der Waals surface area contributed by atoms with Crippen molar-refractivity contribution in [3.63, 3.8) is 0 Å². The highest BCUT2D eigenvalue weighted by Gasteiger charge is 2.27. The summed E-state index contributed by atoms with van der Waals surface area (Å²) in [7, 11) is 0. The number of hydrogen-bond donors (Lipinski definition) is 1. The Hall–Kier alpha value is -2.64. The highest BCUT2D eigenvalue weighted by Crippen LogP contribution is 2.37. The Morgan fingerprint density at radius 1 is 1.12 bits per heavy atom. The molecule has 4 nitrogen and oxygen atoms in total. The Labute approximate surface area is 140 Å². The minimum absolute atomic E-state index is 0.775. The molecular weight excluding hydrogens is 296 g/mol. The van der Waals surface area contributed by atoms with Gasteiger partial charge in [0.15, 0.2) is 5.65 Å². The first-order valence-corrected chi connectivity index (χ1v) is 8.63. The Balaban J connectivity index is 2.00. The number of pyridine rings is 1. The molecule has 0 unspecified atom stereocenters. The third-order valence-electron chi connectivity index (χ3n) is 5.29. The van der Waals surface area contributed by atoms with Crippen molar-refractivity contribution in [2.45, 2.75) is 25.7 Å². The fourth-order valence-corrected chi connectivity index (χ4v) is 4.26. The van der Waals surface area contributed by atoms with E-state index < -0.39 is 0 Å². The number of fused-ring (bicyclic) bond motifs is 4. The summed E-state index contributed by atoms with van der Waals surface area (Å²) in [5, 5.41) is 13.2. The fraction of sp³-hybridized carbons (Fsp3) is 0.300. The van der Waals surface area contributed by atoms with Gasteiger partial charge in [0.25, 0.3) is 0 Å². The van der Waals surface area contributed by atoms with E-state index in [4.69, 9.17) is 4.98 Å². The number of nitrogens with zero attached hydrogens (tertiary/aromatic N) is 3. The van der Waals surface area contributed by atoms with Gasteiger partial charge in [0.2, 0.25) is 0 Å². The van der Waals surface area contributed by atoms with Crippen molar-refractivity contribution in [3.05, 3.63) is 52.7 Å². The predicted octanol–water partition coefficient (Wildman–Crippen LogP) is 3.22. The molecule has 24 heavy (non-hydrogen) atoms. The van der Waals surface area contributed by atoms with E-state index in [1.54, 1.807) is 0 Å². The van der Waals surface area contributed by atoms with Crippen LogP contribution in [0.2, 0.25) is 0 Å². The number of nitriles is 1. The van der Waals surface area contributed by atoms with E-state index in [2.05, 4.69) is 34.0 Å². The first-order chi connectivity index (χ1) is 11.9. The zero-order valence-electron chi connectivity index (χ0n) is 13.5. The third kappa shape index (κ3) is 1.79. The van der Waals surface area contributed by atoms with E-state index in [0.29, 0.717) is 0 Å². The van der Waals surface area contributed by atoms with Gasteiger partial charge in [-0.25, -0.2) is 4.98 Å². The Bertz CT molecular complexity index is 1050. The number of rotatable bonds is 1. The molecule has 3 heterocycles. The smallest absolute Gasteiger partial charge is 0.156 e. The highest BCUT2D eigenvalue weighted by atomic mass is 15.0. The number of nitrogens with one attached hydrogen (secondary N) is 1. The van der Waals surface area contributed by atoms with Gasteiger partial charge >= 0.3 is 0 Å². The molecule has 0 saturated carbocycles. The fourth-order valence-electron chi connectivity index (χ4n) is 4.26. The van der Waals surface area contributed by atoms with Crippen molar-refractivity contribution in [1.29, 1.82) is 5.26 Å². The standard InChI is InChI=1S/C20H18N4/c21-12-16-14-4-3-5-15(14)19(13-8-10-22-11-9-13)24-18-7-2-1-6-17(18)23-20(16)24/h1-2,6-8,22H,3-5,9-11H2. The normalized spacial score (nSPS) is 17.0. The zero-order chi connectivity index (χ0) is 16.1. The van der Waals surface area contributed by atoms with Gasteiger partial charge in [-0.2, -0.15) is 5.26 Å². The largest absolute Gasteiger partial charge is 0.313 e. The molecule has 0 radical (unpaired) electrons. The summed E-state index contributed by atoms with van der Waals surface area (Å²) in [6, 6.07) is 10.7. The molecule has 2 aromatic heterocycles. The first kappa shape index (κ1) is 13.8. The Morgan fingerprint density at radius 2 is 2.00 bits per heavy atom. The molecular formula is C20H18N4. The second-order valence-electron chi connectivity index (χ2n) is 6.59. The van der Waals surface area contributed by atoms with Crippen LogP contribution in [-0.2, 0) is 12.8 Å². The SMILES string of the molecule is N#Cc1c2c(c(C3=CCNCC3)n3c1nc1ccccc13)CCC2. The summed E-state index contributed by atoms with van der Waals surface area (Å²) in [5.74, 6) is 0. The van der Waals surface area contributed by atoms with Crippen LogP contribution in [0.1, 0.15) is 35.2 Å². The van der Waals surface area contributed by atoms with Crippen LogP contribution in [0, 0.1) is 11.3 Å². The molecule has 1 aliphatic heterocycles. The van der Waals surface area contributed by atoms with Gasteiger partial charge in [-0.15, -0.1) is 0 Å². The van der Waals surface area contributed by atoms with Crippen molar-refractivity contribution in [2.24, 2.45) is 0 Å². The van der Waals surface area contributed by atoms with Gasteiger partial charge in [-0.1, -0.05) is 18.2 Å². The van der Waals surface area contributed by atoms with Gasteiger partial charge in [-0.3, -0.25) is 4.40 Å². The van der Waals surface area contributed by atoms with Crippen LogP contribution in [-0.4, -0.2) is 22.5 Å². The molecule has 0 spiro atoms. The predicted molar refractivity (Wildman–Crippen MR) is 94.9 cm³/mol. The lowest BCUT2D eigenvalue weighted by atomic mass is 9.96. The molecule has 1 aliphatic carbocycles. The van der Waals surface area contributed by atoms with Crippen LogP contribution in [0.4, 0.5) is 0 Å². The molecule has 118 valence electrons.